The molecule has 0 amide bonds. The van der Waals surface area contributed by atoms with Crippen molar-refractivity contribution in [2.45, 2.75) is 539 Å². The van der Waals surface area contributed by atoms with Gasteiger partial charge in [-0.05, 0) is 135 Å². The van der Waals surface area contributed by atoms with Crippen LogP contribution in [0.3, 0.4) is 0 Å². The van der Waals surface area contributed by atoms with Gasteiger partial charge in [-0.15, -0.1) is 0 Å². The van der Waals surface area contributed by atoms with Gasteiger partial charge in [-0.25, -0.2) is 0 Å². The summed E-state index contributed by atoms with van der Waals surface area (Å²) in [5.41, 5.74) is 0. The van der Waals surface area contributed by atoms with Crippen molar-refractivity contribution < 1.29 is 37.9 Å². The van der Waals surface area contributed by atoms with Crippen molar-refractivity contribution in [2.75, 3.05) is 93.5 Å². The van der Waals surface area contributed by atoms with E-state index >= 15 is 0 Å². The molecule has 16 nitrogen and oxygen atoms in total. The molecule has 5 heterocycles. The SMILES string of the molecule is CCCCCCCCCCCCCCCCC1CC2C3NC4NC(NC5NC(NC6NC(NC(N3)C2CC1CCCCCCCCCCCCCCCC)C1CCC(OCCOCCOCCOC)CC61)C1CC(CCCCCCCCCCCCCCCC)C(CCCCCCCCCCCCCCCC)CC51)C1CC(OCCOCCOCCOC)CCC41. The van der Waals surface area contributed by atoms with E-state index in [1.54, 1.807) is 14.2 Å². The number of nitrogens with one attached hydrogen (secondary N) is 8. The summed E-state index contributed by atoms with van der Waals surface area (Å²) in [5, 5.41) is 37.0. The zero-order valence-corrected chi connectivity index (χ0v) is 84.0. The molecule has 9 aliphatic rings. The molecule has 0 spiro atoms. The Morgan fingerprint density at radius 1 is 0.175 bits per heavy atom. The molecule has 8 N–H and O–H groups in total. The van der Waals surface area contributed by atoms with Crippen molar-refractivity contribution in [2.24, 2.45) is 71.0 Å². The molecular formula is C110H212N8O8. The minimum Gasteiger partial charge on any atom is -0.382 e. The van der Waals surface area contributed by atoms with Crippen LogP contribution in [0.5, 0.6) is 0 Å². The molecule has 8 bridgehead atoms. The van der Waals surface area contributed by atoms with Gasteiger partial charge in [-0.2, -0.15) is 0 Å². The van der Waals surface area contributed by atoms with Gasteiger partial charge in [0.15, 0.2) is 0 Å². The normalized spacial score (nSPS) is 30.0. The van der Waals surface area contributed by atoms with Gasteiger partial charge in [0.05, 0.1) is 141 Å². The van der Waals surface area contributed by atoms with Crippen LogP contribution < -0.4 is 42.5 Å². The zero-order chi connectivity index (χ0) is 88.0. The minimum atomic E-state index is 0.170. The number of fused-ring (bicyclic) bond motifs is 20. The van der Waals surface area contributed by atoms with Crippen LogP contribution in [0.4, 0.5) is 0 Å². The first kappa shape index (κ1) is 109. The highest BCUT2D eigenvalue weighted by atomic mass is 16.6. The lowest BCUT2D eigenvalue weighted by atomic mass is 9.65. The summed E-state index contributed by atoms with van der Waals surface area (Å²) in [5.74, 6) is 7.31. The standard InChI is InChI=1S/C110H212N8O8/c1-7-11-15-19-23-27-31-35-39-43-47-51-55-59-63-89-83-97-98(84-90(89)64-60-56-52-48-44-40-36-32-28-24-20-16-12-8-2)106-112-104-96-70-68-94(126-82-80-124-78-76-122-74-72-120-6)88-102(96)110(114-104)118-108-100-86-92(66-62-58-54-50-46-42-38-34-30-26-22-18-14-10-4)91(65-61-57-53-49-45-41-37-33-29-25-21-17-13-9-3)85-99(100)107(116-108)117-109-101-87-93(125-81-79-123-77-75-121-73-71-119-5)67-69-95(101)103(113-109)111-105(97)115-106/h89-118H,7-88H2,1-6H3. The molecule has 5 aliphatic heterocycles. The third-order valence-electron chi connectivity index (χ3n) is 33.3. The van der Waals surface area contributed by atoms with Crippen LogP contribution in [0, 0.1) is 71.0 Å². The fourth-order valence-corrected chi connectivity index (χ4v) is 25.9. The molecule has 4 aliphatic carbocycles. The fraction of sp³-hybridized carbons (Fsp3) is 1.00. The first-order valence-corrected chi connectivity index (χ1v) is 57.0. The summed E-state index contributed by atoms with van der Waals surface area (Å²) < 4.78 is 48.3. The van der Waals surface area contributed by atoms with Crippen molar-refractivity contribution in [1.29, 1.82) is 0 Å². The van der Waals surface area contributed by atoms with E-state index in [1.807, 2.05) is 0 Å². The van der Waals surface area contributed by atoms with Crippen molar-refractivity contribution in [3.05, 3.63) is 0 Å². The molecule has 740 valence electrons. The highest BCUT2D eigenvalue weighted by Gasteiger charge is 2.58. The Labute approximate surface area is 779 Å². The van der Waals surface area contributed by atoms with Crippen molar-refractivity contribution in [3.8, 4) is 0 Å². The quantitative estimate of drug-likeness (QED) is 0.0270. The molecule has 4 saturated carbocycles. The summed E-state index contributed by atoms with van der Waals surface area (Å²) in [4.78, 5) is 0. The van der Waals surface area contributed by atoms with Gasteiger partial charge < -0.3 is 37.9 Å². The maximum absolute atomic E-state index is 6.97. The van der Waals surface area contributed by atoms with Crippen molar-refractivity contribution in [3.63, 3.8) is 0 Å². The first-order chi connectivity index (χ1) is 62.4. The second-order valence-electron chi connectivity index (χ2n) is 43.0. The molecule has 5 saturated heterocycles. The van der Waals surface area contributed by atoms with E-state index in [-0.39, 0.29) is 61.5 Å². The lowest BCUT2D eigenvalue weighted by molar-refractivity contribution is -0.0405. The number of hydrogen-bond acceptors (Lipinski definition) is 16. The Bertz CT molecular complexity index is 2340. The summed E-state index contributed by atoms with van der Waals surface area (Å²) >= 11 is 0. The van der Waals surface area contributed by atoms with Crippen LogP contribution in [0.15, 0.2) is 0 Å². The third-order valence-corrected chi connectivity index (χ3v) is 33.3. The molecule has 9 rings (SSSR count). The summed E-state index contributed by atoms with van der Waals surface area (Å²) in [6.07, 6.45) is 99.7. The fourth-order valence-electron chi connectivity index (χ4n) is 25.9. The number of unbranched alkanes of at least 4 members (excludes halogenated alkanes) is 52. The Balaban J connectivity index is 0.939. The van der Waals surface area contributed by atoms with Gasteiger partial charge in [0, 0.05) is 14.2 Å². The first-order valence-electron chi connectivity index (χ1n) is 57.0. The van der Waals surface area contributed by atoms with Crippen LogP contribution in [-0.4, -0.2) is 155 Å². The Morgan fingerprint density at radius 3 is 0.540 bits per heavy atom. The highest BCUT2D eigenvalue weighted by Crippen LogP contribution is 2.52. The van der Waals surface area contributed by atoms with E-state index in [2.05, 4.69) is 70.2 Å². The highest BCUT2D eigenvalue weighted by molar-refractivity contribution is 5.11. The average molecular weight is 1770 g/mol. The molecule has 22 atom stereocenters. The van der Waals surface area contributed by atoms with Gasteiger partial charge in [0.25, 0.3) is 0 Å². The van der Waals surface area contributed by atoms with Crippen LogP contribution >= 0.6 is 0 Å². The molecular weight excluding hydrogens is 1560 g/mol. The number of methoxy groups -OCH3 is 2. The van der Waals surface area contributed by atoms with Crippen LogP contribution in [0.1, 0.15) is 477 Å². The van der Waals surface area contributed by atoms with Gasteiger partial charge in [-0.1, -0.05) is 413 Å². The molecule has 22 unspecified atom stereocenters. The molecule has 0 aromatic carbocycles. The summed E-state index contributed by atoms with van der Waals surface area (Å²) in [7, 11) is 3.47. The average Bonchev–Trinajstić information content (AvgIpc) is 1.59. The van der Waals surface area contributed by atoms with Gasteiger partial charge >= 0.3 is 0 Å². The lowest BCUT2D eigenvalue weighted by Crippen LogP contribution is -2.61. The number of rotatable bonds is 80. The predicted molar refractivity (Wildman–Crippen MR) is 530 cm³/mol. The van der Waals surface area contributed by atoms with Gasteiger partial charge in [0.2, 0.25) is 0 Å². The second kappa shape index (κ2) is 70.9. The Hall–Kier alpha value is -0.640. The van der Waals surface area contributed by atoms with Crippen LogP contribution in [-0.2, 0) is 37.9 Å². The predicted octanol–water partition coefficient (Wildman–Crippen LogP) is 26.3. The largest absolute Gasteiger partial charge is 0.382 e. The molecule has 16 heteroatoms. The van der Waals surface area contributed by atoms with E-state index in [9.17, 15) is 0 Å². The topological polar surface area (TPSA) is 170 Å². The minimum absolute atomic E-state index is 0.170. The molecule has 0 aromatic heterocycles. The maximum atomic E-state index is 6.97. The van der Waals surface area contributed by atoms with E-state index in [1.165, 1.54) is 424 Å². The molecule has 0 radical (unpaired) electrons. The third kappa shape index (κ3) is 43.0. The second-order valence-corrected chi connectivity index (χ2v) is 43.0. The molecule has 9 fully saturated rings. The monoisotopic (exact) mass is 1770 g/mol. The number of ether oxygens (including phenoxy) is 8. The van der Waals surface area contributed by atoms with E-state index in [0.717, 1.165) is 49.4 Å². The summed E-state index contributed by atoms with van der Waals surface area (Å²) in [6, 6.07) is 0. The Morgan fingerprint density at radius 2 is 0.341 bits per heavy atom. The smallest absolute Gasteiger partial charge is 0.0704 e. The van der Waals surface area contributed by atoms with Crippen LogP contribution in [0.25, 0.3) is 0 Å². The molecule has 126 heavy (non-hydrogen) atoms. The maximum Gasteiger partial charge on any atom is 0.0704 e. The van der Waals surface area contributed by atoms with Crippen LogP contribution in [0.2, 0.25) is 0 Å². The van der Waals surface area contributed by atoms with E-state index < -0.39 is 0 Å². The summed E-state index contributed by atoms with van der Waals surface area (Å²) in [6.45, 7) is 16.6. The molecule has 0 aromatic rings. The lowest BCUT2D eigenvalue weighted by Gasteiger charge is -2.43. The van der Waals surface area contributed by atoms with Gasteiger partial charge in [0.1, 0.15) is 0 Å². The van der Waals surface area contributed by atoms with E-state index in [4.69, 9.17) is 37.9 Å². The number of hydrogen-bond donors (Lipinski definition) is 8. The van der Waals surface area contributed by atoms with Crippen molar-refractivity contribution >= 4 is 0 Å². The zero-order valence-electron chi connectivity index (χ0n) is 84.0. The van der Waals surface area contributed by atoms with Gasteiger partial charge in [-0.3, -0.25) is 42.5 Å². The van der Waals surface area contributed by atoms with Crippen molar-refractivity contribution in [1.82, 2.24) is 42.5 Å². The Kier molecular flexibility index (Phi) is 61.4. The van der Waals surface area contributed by atoms with E-state index in [0.29, 0.717) is 127 Å².